The number of sulfone groups is 1. The van der Waals surface area contributed by atoms with Crippen LogP contribution in [-0.4, -0.2) is 46.2 Å². The van der Waals surface area contributed by atoms with E-state index >= 15 is 0 Å². The average Bonchev–Trinajstić information content (AvgIpc) is 2.70. The number of hydrogen-bond donors (Lipinski definition) is 1. The highest BCUT2D eigenvalue weighted by Gasteiger charge is 2.34. The predicted octanol–water partition coefficient (Wildman–Crippen LogP) is 2.73. The second kappa shape index (κ2) is 9.87. The van der Waals surface area contributed by atoms with Crippen LogP contribution in [0.5, 0.6) is 0 Å². The second-order valence-corrected chi connectivity index (χ2v) is 11.7. The van der Waals surface area contributed by atoms with E-state index in [0.29, 0.717) is 11.1 Å². The van der Waals surface area contributed by atoms with Crippen LogP contribution in [0.4, 0.5) is 11.4 Å². The van der Waals surface area contributed by atoms with Crippen LogP contribution < -0.4 is 9.62 Å². The van der Waals surface area contributed by atoms with Crippen molar-refractivity contribution in [2.24, 2.45) is 0 Å². The molecule has 180 valence electrons. The van der Waals surface area contributed by atoms with Crippen molar-refractivity contribution in [3.05, 3.63) is 63.7 Å². The molecular weight excluding hydrogens is 470 g/mol. The van der Waals surface area contributed by atoms with Crippen LogP contribution in [0.15, 0.2) is 47.4 Å². The van der Waals surface area contributed by atoms with Gasteiger partial charge in [-0.3, -0.25) is 19.2 Å². The molecular formula is C21H27N3O7S2. The maximum absolute atomic E-state index is 13.1. The first kappa shape index (κ1) is 26.3. The molecule has 2 unspecified atom stereocenters. The number of rotatable bonds is 9. The lowest BCUT2D eigenvalue weighted by Crippen LogP contribution is -2.50. The molecule has 0 saturated heterocycles. The van der Waals surface area contributed by atoms with Crippen LogP contribution in [-0.2, 0) is 24.7 Å². The number of anilines is 1. The monoisotopic (exact) mass is 497 g/mol. The number of aryl methyl sites for hydroxylation is 1. The van der Waals surface area contributed by atoms with Gasteiger partial charge in [-0.2, -0.15) is 0 Å². The fourth-order valence-electron chi connectivity index (χ4n) is 3.38. The largest absolute Gasteiger partial charge is 0.348 e. The molecule has 0 saturated carbocycles. The Hall–Kier alpha value is -2.99. The minimum Gasteiger partial charge on any atom is -0.348 e. The zero-order chi connectivity index (χ0) is 25.1. The minimum absolute atomic E-state index is 0.0545. The summed E-state index contributed by atoms with van der Waals surface area (Å²) >= 11 is 0. The topological polar surface area (TPSA) is 144 Å². The number of nitrogens with one attached hydrogen (secondary N) is 1. The van der Waals surface area contributed by atoms with E-state index in [9.17, 15) is 31.7 Å². The SMILES string of the molecule is CCC(C(=O)NC(C)c1ccc(S(C)(=O)=O)cc1)N(c1cc([N+](=O)[O-])ccc1C)S(C)(=O)=O. The fraction of sp³-hybridized carbons (Fsp3) is 0.381. The Bertz CT molecular complexity index is 1260. The molecule has 0 bridgehead atoms. The van der Waals surface area contributed by atoms with Gasteiger partial charge in [-0.25, -0.2) is 16.8 Å². The summed E-state index contributed by atoms with van der Waals surface area (Å²) in [5.41, 5.74) is 0.849. The molecule has 0 spiro atoms. The quantitative estimate of drug-likeness (QED) is 0.414. The third-order valence-electron chi connectivity index (χ3n) is 5.14. The van der Waals surface area contributed by atoms with Gasteiger partial charge >= 0.3 is 0 Å². The van der Waals surface area contributed by atoms with Gasteiger partial charge in [-0.1, -0.05) is 25.1 Å². The number of hydrogen-bond acceptors (Lipinski definition) is 7. The van der Waals surface area contributed by atoms with E-state index in [-0.39, 0.29) is 22.7 Å². The van der Waals surface area contributed by atoms with Crippen molar-refractivity contribution < 1.29 is 26.6 Å². The van der Waals surface area contributed by atoms with Gasteiger partial charge in [0.1, 0.15) is 6.04 Å². The lowest BCUT2D eigenvalue weighted by molar-refractivity contribution is -0.384. The van der Waals surface area contributed by atoms with E-state index in [0.717, 1.165) is 22.9 Å². The lowest BCUT2D eigenvalue weighted by atomic mass is 10.1. The highest BCUT2D eigenvalue weighted by Crippen LogP contribution is 2.30. The molecule has 33 heavy (non-hydrogen) atoms. The van der Waals surface area contributed by atoms with E-state index in [4.69, 9.17) is 0 Å². The first-order valence-electron chi connectivity index (χ1n) is 10.0. The molecule has 1 N–H and O–H groups in total. The smallest absolute Gasteiger partial charge is 0.271 e. The Morgan fingerprint density at radius 1 is 1.09 bits per heavy atom. The Morgan fingerprint density at radius 3 is 2.12 bits per heavy atom. The molecule has 2 atom stereocenters. The molecule has 2 rings (SSSR count). The first-order chi connectivity index (χ1) is 15.2. The number of non-ortho nitro benzene ring substituents is 1. The van der Waals surface area contributed by atoms with E-state index in [2.05, 4.69) is 5.32 Å². The summed E-state index contributed by atoms with van der Waals surface area (Å²) in [5.74, 6) is -0.589. The summed E-state index contributed by atoms with van der Waals surface area (Å²) < 4.78 is 49.5. The van der Waals surface area contributed by atoms with E-state index in [1.807, 2.05) is 0 Å². The minimum atomic E-state index is -3.98. The van der Waals surface area contributed by atoms with Gasteiger partial charge < -0.3 is 5.32 Å². The normalized spacial score (nSPS) is 13.7. The molecule has 0 radical (unpaired) electrons. The van der Waals surface area contributed by atoms with Crippen molar-refractivity contribution in [2.45, 2.75) is 44.2 Å². The van der Waals surface area contributed by atoms with Gasteiger partial charge in [-0.05, 0) is 43.5 Å². The van der Waals surface area contributed by atoms with Crippen molar-refractivity contribution in [3.8, 4) is 0 Å². The van der Waals surface area contributed by atoms with Gasteiger partial charge in [0.2, 0.25) is 15.9 Å². The van der Waals surface area contributed by atoms with Crippen molar-refractivity contribution >= 4 is 37.1 Å². The summed E-state index contributed by atoms with van der Waals surface area (Å²) in [6.07, 6.45) is 2.14. The molecule has 2 aromatic carbocycles. The molecule has 0 heterocycles. The van der Waals surface area contributed by atoms with Crippen LogP contribution in [0, 0.1) is 17.0 Å². The highest BCUT2D eigenvalue weighted by atomic mass is 32.2. The zero-order valence-corrected chi connectivity index (χ0v) is 20.6. The number of benzene rings is 2. The number of nitro benzene ring substituents is 1. The van der Waals surface area contributed by atoms with Gasteiger partial charge in [0.15, 0.2) is 9.84 Å². The maximum atomic E-state index is 13.1. The molecule has 0 aliphatic carbocycles. The van der Waals surface area contributed by atoms with Crippen molar-refractivity contribution in [1.29, 1.82) is 0 Å². The summed E-state index contributed by atoms with van der Waals surface area (Å²) in [4.78, 5) is 23.9. The van der Waals surface area contributed by atoms with Crippen LogP contribution in [0.25, 0.3) is 0 Å². The van der Waals surface area contributed by atoms with Crippen LogP contribution in [0.1, 0.15) is 37.4 Å². The Morgan fingerprint density at radius 2 is 1.67 bits per heavy atom. The van der Waals surface area contributed by atoms with Crippen LogP contribution in [0.2, 0.25) is 0 Å². The molecule has 2 aromatic rings. The summed E-state index contributed by atoms with van der Waals surface area (Å²) in [7, 11) is -7.34. The molecule has 0 fully saturated rings. The van der Waals surface area contributed by atoms with E-state index < -0.39 is 42.8 Å². The van der Waals surface area contributed by atoms with Crippen molar-refractivity contribution in [3.63, 3.8) is 0 Å². The summed E-state index contributed by atoms with van der Waals surface area (Å²) in [5, 5.41) is 14.0. The highest BCUT2D eigenvalue weighted by molar-refractivity contribution is 7.92. The van der Waals surface area contributed by atoms with Crippen LogP contribution in [0.3, 0.4) is 0 Å². The van der Waals surface area contributed by atoms with Gasteiger partial charge in [0, 0.05) is 18.4 Å². The maximum Gasteiger partial charge on any atom is 0.271 e. The Labute approximate surface area is 193 Å². The Balaban J connectivity index is 2.40. The molecule has 0 aromatic heterocycles. The number of carbonyl (C=O) groups excluding carboxylic acids is 1. The number of carbonyl (C=O) groups is 1. The predicted molar refractivity (Wildman–Crippen MR) is 125 cm³/mol. The molecule has 1 amide bonds. The van der Waals surface area contributed by atoms with Gasteiger partial charge in [0.25, 0.3) is 5.69 Å². The van der Waals surface area contributed by atoms with Gasteiger partial charge in [0.05, 0.1) is 27.8 Å². The van der Waals surface area contributed by atoms with E-state index in [1.165, 1.54) is 24.3 Å². The number of nitro groups is 1. The number of nitrogens with zero attached hydrogens (tertiary/aromatic N) is 2. The second-order valence-electron chi connectivity index (χ2n) is 7.78. The summed E-state index contributed by atoms with van der Waals surface area (Å²) in [6, 6.07) is 8.14. The fourth-order valence-corrected chi connectivity index (χ4v) is 5.27. The van der Waals surface area contributed by atoms with E-state index in [1.54, 1.807) is 32.9 Å². The zero-order valence-electron chi connectivity index (χ0n) is 19.0. The van der Waals surface area contributed by atoms with Crippen molar-refractivity contribution in [2.75, 3.05) is 16.8 Å². The molecule has 0 aliphatic heterocycles. The molecule has 12 heteroatoms. The molecule has 0 aliphatic rings. The number of sulfonamides is 1. The molecule has 10 nitrogen and oxygen atoms in total. The first-order valence-corrected chi connectivity index (χ1v) is 13.8. The van der Waals surface area contributed by atoms with Crippen LogP contribution >= 0.6 is 0 Å². The lowest BCUT2D eigenvalue weighted by Gasteiger charge is -2.32. The average molecular weight is 498 g/mol. The third kappa shape index (κ3) is 6.29. The van der Waals surface area contributed by atoms with Gasteiger partial charge in [-0.15, -0.1) is 0 Å². The third-order valence-corrected chi connectivity index (χ3v) is 7.43. The Kier molecular flexibility index (Phi) is 7.86. The van der Waals surface area contributed by atoms with Crippen molar-refractivity contribution in [1.82, 2.24) is 5.32 Å². The summed E-state index contributed by atoms with van der Waals surface area (Å²) in [6.45, 7) is 4.93. The standard InChI is InChI=1S/C21H27N3O7S2/c1-6-19(21(25)22-15(3)16-8-11-18(12-9-16)32(4,28)29)23(33(5,30)31)20-13-17(24(26)27)10-7-14(20)2/h7-13,15,19H,6H2,1-5H3,(H,22,25). The number of amides is 1.